The fraction of sp³-hybridized carbons (Fsp3) is 0.133. The number of carbonyl (C=O) groups is 2. The molecule has 4 aromatic carbocycles. The Morgan fingerprint density at radius 2 is 1.24 bits per heavy atom. The van der Waals surface area contributed by atoms with Gasteiger partial charge >= 0.3 is 0 Å². The molecule has 184 valence electrons. The Kier molecular flexibility index (Phi) is 4.59. The van der Waals surface area contributed by atoms with Crippen molar-refractivity contribution in [1.82, 2.24) is 0 Å². The number of carbonyl (C=O) groups excluding carboxylic acids is 2. The number of rotatable bonds is 1. The molecule has 0 spiro atoms. The minimum Gasteiger partial charge on any atom is -0.507 e. The lowest BCUT2D eigenvalue weighted by atomic mass is 9.68. The van der Waals surface area contributed by atoms with Gasteiger partial charge in [-0.15, -0.1) is 0 Å². The average molecular weight is 494 g/mol. The summed E-state index contributed by atoms with van der Waals surface area (Å²) in [7, 11) is 0. The van der Waals surface area contributed by atoms with E-state index in [4.69, 9.17) is 0 Å². The van der Waals surface area contributed by atoms with Gasteiger partial charge in [-0.25, -0.2) is 0 Å². The average Bonchev–Trinajstić information content (AvgIpc) is 2.81. The van der Waals surface area contributed by atoms with E-state index in [0.717, 1.165) is 5.56 Å². The topological polar surface area (TPSA) is 135 Å². The van der Waals surface area contributed by atoms with E-state index in [0.29, 0.717) is 16.7 Å². The molecule has 0 heterocycles. The van der Waals surface area contributed by atoms with Crippen molar-refractivity contribution in [3.63, 3.8) is 0 Å². The van der Waals surface area contributed by atoms with Gasteiger partial charge in [-0.3, -0.25) is 9.59 Å². The number of aromatic hydroxyl groups is 4. The number of aryl methyl sites for hydroxylation is 2. The van der Waals surface area contributed by atoms with Crippen molar-refractivity contribution in [2.24, 2.45) is 0 Å². The molecule has 2 aliphatic carbocycles. The Bertz CT molecular complexity index is 1720. The van der Waals surface area contributed by atoms with Gasteiger partial charge in [0.1, 0.15) is 28.6 Å². The van der Waals surface area contributed by atoms with Gasteiger partial charge in [-0.1, -0.05) is 36.4 Å². The largest absolute Gasteiger partial charge is 0.507 e. The fourth-order valence-electron chi connectivity index (χ4n) is 5.83. The first-order valence-electron chi connectivity index (χ1n) is 11.7. The summed E-state index contributed by atoms with van der Waals surface area (Å²) >= 11 is 0. The minimum atomic E-state index is -2.20. The Hall–Kier alpha value is -4.62. The van der Waals surface area contributed by atoms with E-state index in [1.807, 2.05) is 13.0 Å². The number of hydrogen-bond acceptors (Lipinski definition) is 7. The molecule has 1 atom stereocenters. The fourth-order valence-corrected chi connectivity index (χ4v) is 5.83. The summed E-state index contributed by atoms with van der Waals surface area (Å²) in [5.74, 6) is -2.74. The zero-order valence-corrected chi connectivity index (χ0v) is 20.0. The number of phenols is 4. The maximum Gasteiger partial charge on any atom is 0.201 e. The molecule has 0 saturated carbocycles. The highest BCUT2D eigenvalue weighted by molar-refractivity contribution is 6.17. The van der Waals surface area contributed by atoms with Gasteiger partial charge in [-0.05, 0) is 60.7 Å². The summed E-state index contributed by atoms with van der Waals surface area (Å²) in [6, 6.07) is 13.5. The number of benzene rings is 4. The predicted octanol–water partition coefficient (Wildman–Crippen LogP) is 4.09. The first-order chi connectivity index (χ1) is 17.5. The molecule has 0 radical (unpaired) electrons. The second-order valence-corrected chi connectivity index (χ2v) is 9.77. The standard InChI is InChI=1S/C30H22O7/c1-13-8-16-12-15-6-7-18(27(34)24(15)28(35)23(16)21(32)10-13)30(37)17-4-3-5-20(31)25(17)29(36)26-19(30)9-14(2)11-22(26)33/h3-11,31-34,37H,12H2,1-2H3. The van der Waals surface area contributed by atoms with Gasteiger partial charge in [0, 0.05) is 16.7 Å². The van der Waals surface area contributed by atoms with Gasteiger partial charge in [0.25, 0.3) is 0 Å². The second-order valence-electron chi connectivity index (χ2n) is 9.77. The Balaban J connectivity index is 1.67. The quantitative estimate of drug-likeness (QED) is 0.237. The van der Waals surface area contributed by atoms with Crippen LogP contribution >= 0.6 is 0 Å². The van der Waals surface area contributed by atoms with Crippen LogP contribution in [0.1, 0.15) is 70.8 Å². The van der Waals surface area contributed by atoms with Gasteiger partial charge in [0.05, 0.1) is 22.3 Å². The Morgan fingerprint density at radius 1 is 0.622 bits per heavy atom. The number of fused-ring (bicyclic) bond motifs is 4. The molecule has 2 aliphatic rings. The molecule has 7 nitrogen and oxygen atoms in total. The summed E-state index contributed by atoms with van der Waals surface area (Å²) in [5.41, 5.74) is -0.173. The summed E-state index contributed by atoms with van der Waals surface area (Å²) in [4.78, 5) is 26.9. The molecule has 0 aliphatic heterocycles. The predicted molar refractivity (Wildman–Crippen MR) is 134 cm³/mol. The molecular formula is C30H22O7. The molecule has 6 rings (SSSR count). The molecule has 0 fully saturated rings. The van der Waals surface area contributed by atoms with Crippen LogP contribution in [-0.4, -0.2) is 37.1 Å². The van der Waals surface area contributed by atoms with E-state index in [-0.39, 0.29) is 56.9 Å². The van der Waals surface area contributed by atoms with Crippen LogP contribution in [-0.2, 0) is 12.0 Å². The van der Waals surface area contributed by atoms with E-state index in [1.165, 1.54) is 42.5 Å². The van der Waals surface area contributed by atoms with E-state index >= 15 is 0 Å². The van der Waals surface area contributed by atoms with Crippen LogP contribution in [0.15, 0.2) is 54.6 Å². The van der Waals surface area contributed by atoms with Crippen molar-refractivity contribution in [2.75, 3.05) is 0 Å². The van der Waals surface area contributed by atoms with Crippen molar-refractivity contribution >= 4 is 11.6 Å². The minimum absolute atomic E-state index is 0.00683. The highest BCUT2D eigenvalue weighted by Crippen LogP contribution is 2.52. The van der Waals surface area contributed by atoms with E-state index in [2.05, 4.69) is 0 Å². The van der Waals surface area contributed by atoms with Crippen LogP contribution in [0.5, 0.6) is 23.0 Å². The highest BCUT2D eigenvalue weighted by Gasteiger charge is 2.48. The van der Waals surface area contributed by atoms with Crippen molar-refractivity contribution in [3.8, 4) is 23.0 Å². The number of phenolic OH excluding ortho intramolecular Hbond substituents is 4. The second kappa shape index (κ2) is 7.44. The molecule has 4 aromatic rings. The SMILES string of the molecule is Cc1cc(O)c2c(c1)Cc1ccc(C3(O)c4cccc(O)c4C(=O)c4c(O)cc(C)cc43)c(O)c1C2=O. The molecule has 37 heavy (non-hydrogen) atoms. The van der Waals surface area contributed by atoms with Crippen LogP contribution in [0, 0.1) is 13.8 Å². The van der Waals surface area contributed by atoms with Crippen molar-refractivity contribution in [3.05, 3.63) is 116 Å². The number of aliphatic hydroxyl groups is 1. The molecule has 0 saturated heterocycles. The third-order valence-corrected chi connectivity index (χ3v) is 7.37. The smallest absolute Gasteiger partial charge is 0.201 e. The zero-order valence-electron chi connectivity index (χ0n) is 20.0. The van der Waals surface area contributed by atoms with E-state index < -0.39 is 28.7 Å². The highest BCUT2D eigenvalue weighted by atomic mass is 16.3. The first-order valence-corrected chi connectivity index (χ1v) is 11.7. The molecule has 1 unspecified atom stereocenters. The maximum absolute atomic E-state index is 13.6. The lowest BCUT2D eigenvalue weighted by molar-refractivity contribution is 0.0927. The summed E-state index contributed by atoms with van der Waals surface area (Å²) in [5, 5.41) is 55.8. The Morgan fingerprint density at radius 3 is 1.97 bits per heavy atom. The van der Waals surface area contributed by atoms with Crippen molar-refractivity contribution in [1.29, 1.82) is 0 Å². The molecule has 0 aromatic heterocycles. The maximum atomic E-state index is 13.6. The van der Waals surface area contributed by atoms with Crippen LogP contribution in [0.2, 0.25) is 0 Å². The van der Waals surface area contributed by atoms with Crippen LogP contribution in [0.3, 0.4) is 0 Å². The van der Waals surface area contributed by atoms with Gasteiger partial charge in [0.15, 0.2) is 0 Å². The summed E-state index contributed by atoms with van der Waals surface area (Å²) in [6.45, 7) is 3.49. The van der Waals surface area contributed by atoms with Gasteiger partial charge in [0.2, 0.25) is 11.6 Å². The lowest BCUT2D eigenvalue weighted by Crippen LogP contribution is -2.37. The van der Waals surface area contributed by atoms with Gasteiger partial charge in [-0.2, -0.15) is 0 Å². The molecule has 0 amide bonds. The third-order valence-electron chi connectivity index (χ3n) is 7.37. The summed E-state index contributed by atoms with van der Waals surface area (Å²) in [6.07, 6.45) is 0.282. The summed E-state index contributed by atoms with van der Waals surface area (Å²) < 4.78 is 0. The molecular weight excluding hydrogens is 472 g/mol. The Labute approximate surface area is 211 Å². The molecule has 0 bridgehead atoms. The first kappa shape index (κ1) is 22.8. The normalized spacial score (nSPS) is 17.6. The van der Waals surface area contributed by atoms with Crippen LogP contribution in [0.4, 0.5) is 0 Å². The third kappa shape index (κ3) is 2.92. The molecule has 5 N–H and O–H groups in total. The van der Waals surface area contributed by atoms with Crippen molar-refractivity contribution < 1.29 is 35.1 Å². The van der Waals surface area contributed by atoms with E-state index in [1.54, 1.807) is 13.0 Å². The van der Waals surface area contributed by atoms with Crippen LogP contribution < -0.4 is 0 Å². The monoisotopic (exact) mass is 494 g/mol. The number of ketones is 2. The van der Waals surface area contributed by atoms with Gasteiger partial charge < -0.3 is 25.5 Å². The van der Waals surface area contributed by atoms with Crippen molar-refractivity contribution in [2.45, 2.75) is 25.9 Å². The number of hydrogen-bond donors (Lipinski definition) is 5. The van der Waals surface area contributed by atoms with Crippen LogP contribution in [0.25, 0.3) is 0 Å². The molecule has 7 heteroatoms. The zero-order chi connectivity index (χ0) is 26.4. The van der Waals surface area contributed by atoms with E-state index in [9.17, 15) is 35.1 Å². The lowest BCUT2D eigenvalue weighted by Gasteiger charge is -2.38.